The number of rotatable bonds is 7. The zero-order chi connectivity index (χ0) is 14.5. The molecule has 0 unspecified atom stereocenters. The van der Waals surface area contributed by atoms with Crippen molar-refractivity contribution < 1.29 is 13.2 Å². The lowest BCUT2D eigenvalue weighted by Gasteiger charge is -2.17. The van der Waals surface area contributed by atoms with E-state index in [1.165, 1.54) is 4.31 Å². The van der Waals surface area contributed by atoms with E-state index >= 15 is 0 Å². The second-order valence-corrected chi connectivity index (χ2v) is 7.85. The maximum Gasteiger partial charge on any atom is 0.242 e. The quantitative estimate of drug-likeness (QED) is 0.695. The van der Waals surface area contributed by atoms with Crippen molar-refractivity contribution >= 4 is 37.7 Å². The number of thioether (sulfide) groups is 1. The first-order valence-corrected chi connectivity index (χ1v) is 9.35. The molecule has 1 aromatic rings. The van der Waals surface area contributed by atoms with Crippen molar-refractivity contribution in [1.29, 1.82) is 0 Å². The number of ether oxygens (including phenoxy) is 1. The van der Waals surface area contributed by atoms with Gasteiger partial charge in [-0.2, -0.15) is 11.8 Å². The molecule has 0 spiro atoms. The summed E-state index contributed by atoms with van der Waals surface area (Å²) in [6.45, 7) is 0.521. The Hall–Kier alpha value is -0.240. The van der Waals surface area contributed by atoms with Gasteiger partial charge in [-0.25, -0.2) is 12.7 Å². The van der Waals surface area contributed by atoms with Gasteiger partial charge in [0, 0.05) is 13.6 Å². The molecule has 1 rings (SSSR count). The molecule has 0 amide bonds. The summed E-state index contributed by atoms with van der Waals surface area (Å²) in [5.41, 5.74) is 0. The normalized spacial score (nSPS) is 11.8. The van der Waals surface area contributed by atoms with E-state index in [1.54, 1.807) is 44.1 Å². The third kappa shape index (κ3) is 4.37. The van der Waals surface area contributed by atoms with E-state index in [0.29, 0.717) is 16.8 Å². The van der Waals surface area contributed by atoms with Gasteiger partial charge in [-0.15, -0.1) is 0 Å². The molecule has 0 saturated heterocycles. The molecule has 1 aromatic carbocycles. The van der Waals surface area contributed by atoms with Crippen LogP contribution in [0.1, 0.15) is 6.42 Å². The number of methoxy groups -OCH3 is 1. The molecule has 0 bridgehead atoms. The van der Waals surface area contributed by atoms with E-state index in [0.717, 1.165) is 12.2 Å². The molecule has 0 N–H and O–H groups in total. The molecule has 0 fully saturated rings. The summed E-state index contributed by atoms with van der Waals surface area (Å²) >= 11 is 5.01. The van der Waals surface area contributed by atoms with E-state index in [-0.39, 0.29) is 4.90 Å². The lowest BCUT2D eigenvalue weighted by Crippen LogP contribution is -2.28. The summed E-state index contributed by atoms with van der Waals surface area (Å²) < 4.78 is 31.8. The number of hydrogen-bond donors (Lipinski definition) is 0. The van der Waals surface area contributed by atoms with E-state index in [1.807, 2.05) is 6.26 Å². The van der Waals surface area contributed by atoms with Gasteiger partial charge in [0.25, 0.3) is 0 Å². The summed E-state index contributed by atoms with van der Waals surface area (Å²) in [5, 5.41) is 0. The summed E-state index contributed by atoms with van der Waals surface area (Å²) in [6.07, 6.45) is 2.85. The van der Waals surface area contributed by atoms with Gasteiger partial charge >= 0.3 is 0 Å². The fourth-order valence-corrected chi connectivity index (χ4v) is 3.89. The Labute approximate surface area is 127 Å². The second-order valence-electron chi connectivity index (χ2n) is 3.97. The Bertz CT molecular complexity index is 520. The number of benzene rings is 1. The van der Waals surface area contributed by atoms with Crippen LogP contribution in [0.5, 0.6) is 5.75 Å². The van der Waals surface area contributed by atoms with Gasteiger partial charge in [-0.05, 0) is 52.6 Å². The van der Waals surface area contributed by atoms with Gasteiger partial charge in [-0.1, -0.05) is 0 Å². The molecule has 19 heavy (non-hydrogen) atoms. The van der Waals surface area contributed by atoms with Crippen molar-refractivity contribution in [3.05, 3.63) is 22.7 Å². The standard InChI is InChI=1S/C12H18BrNO3S2/c1-14(7-4-8-18-3)19(15,16)10-5-6-12(17-2)11(13)9-10/h5-6,9H,4,7-8H2,1-3H3. The lowest BCUT2D eigenvalue weighted by atomic mass is 10.3. The van der Waals surface area contributed by atoms with Crippen LogP contribution in [0.2, 0.25) is 0 Å². The molecule has 0 atom stereocenters. The molecule has 0 saturated carbocycles. The van der Waals surface area contributed by atoms with Gasteiger partial charge in [0.1, 0.15) is 5.75 Å². The van der Waals surface area contributed by atoms with E-state index in [2.05, 4.69) is 15.9 Å². The number of nitrogens with zero attached hydrogens (tertiary/aromatic N) is 1. The van der Waals surface area contributed by atoms with Crippen molar-refractivity contribution in [2.24, 2.45) is 0 Å². The van der Waals surface area contributed by atoms with Gasteiger partial charge in [-0.3, -0.25) is 0 Å². The summed E-state index contributed by atoms with van der Waals surface area (Å²) in [7, 11) is -0.279. The van der Waals surface area contributed by atoms with E-state index in [4.69, 9.17) is 4.74 Å². The first kappa shape index (κ1) is 16.8. The summed E-state index contributed by atoms with van der Waals surface area (Å²) in [6, 6.07) is 4.77. The Morgan fingerprint density at radius 2 is 2.11 bits per heavy atom. The molecule has 108 valence electrons. The predicted octanol–water partition coefficient (Wildman–Crippen LogP) is 2.83. The highest BCUT2D eigenvalue weighted by molar-refractivity contribution is 9.10. The van der Waals surface area contributed by atoms with Crippen LogP contribution in [0.4, 0.5) is 0 Å². The lowest BCUT2D eigenvalue weighted by molar-refractivity contribution is 0.411. The maximum atomic E-state index is 12.3. The molecule has 7 heteroatoms. The van der Waals surface area contributed by atoms with Crippen LogP contribution in [0.15, 0.2) is 27.6 Å². The van der Waals surface area contributed by atoms with Gasteiger partial charge in [0.15, 0.2) is 0 Å². The smallest absolute Gasteiger partial charge is 0.242 e. The Morgan fingerprint density at radius 3 is 2.63 bits per heavy atom. The predicted molar refractivity (Wildman–Crippen MR) is 83.5 cm³/mol. The van der Waals surface area contributed by atoms with Crippen LogP contribution in [0.25, 0.3) is 0 Å². The number of halogens is 1. The molecule has 0 aliphatic heterocycles. The monoisotopic (exact) mass is 367 g/mol. The topological polar surface area (TPSA) is 46.6 Å². The zero-order valence-electron chi connectivity index (χ0n) is 11.2. The molecule has 0 aromatic heterocycles. The van der Waals surface area contributed by atoms with Crippen molar-refractivity contribution in [3.8, 4) is 5.75 Å². The highest BCUT2D eigenvalue weighted by Gasteiger charge is 2.21. The van der Waals surface area contributed by atoms with Crippen LogP contribution < -0.4 is 4.74 Å². The minimum Gasteiger partial charge on any atom is -0.496 e. The van der Waals surface area contributed by atoms with Crippen LogP contribution in [0, 0.1) is 0 Å². The number of hydrogen-bond acceptors (Lipinski definition) is 4. The van der Waals surface area contributed by atoms with Crippen LogP contribution in [-0.2, 0) is 10.0 Å². The van der Waals surface area contributed by atoms with Crippen LogP contribution >= 0.6 is 27.7 Å². The van der Waals surface area contributed by atoms with Crippen LogP contribution in [0.3, 0.4) is 0 Å². The van der Waals surface area contributed by atoms with Crippen molar-refractivity contribution in [2.45, 2.75) is 11.3 Å². The summed E-state index contributed by atoms with van der Waals surface area (Å²) in [5.74, 6) is 1.57. The maximum absolute atomic E-state index is 12.3. The molecule has 0 aliphatic carbocycles. The highest BCUT2D eigenvalue weighted by atomic mass is 79.9. The minimum absolute atomic E-state index is 0.270. The Balaban J connectivity index is 2.90. The molecular formula is C12H18BrNO3S2. The third-order valence-corrected chi connectivity index (χ3v) is 5.82. The Kier molecular flexibility index (Phi) is 6.65. The van der Waals surface area contributed by atoms with Gasteiger partial charge in [0.05, 0.1) is 16.5 Å². The van der Waals surface area contributed by atoms with E-state index in [9.17, 15) is 8.42 Å². The average molecular weight is 368 g/mol. The minimum atomic E-state index is -3.43. The van der Waals surface area contributed by atoms with Crippen molar-refractivity contribution in [1.82, 2.24) is 4.31 Å². The first-order valence-electron chi connectivity index (χ1n) is 5.72. The largest absolute Gasteiger partial charge is 0.496 e. The SMILES string of the molecule is COc1ccc(S(=O)(=O)N(C)CCCSC)cc1Br. The highest BCUT2D eigenvalue weighted by Crippen LogP contribution is 2.28. The van der Waals surface area contributed by atoms with E-state index < -0.39 is 10.0 Å². The average Bonchev–Trinajstić information content (AvgIpc) is 2.38. The van der Waals surface area contributed by atoms with Crippen LogP contribution in [-0.4, -0.2) is 45.4 Å². The molecule has 4 nitrogen and oxygen atoms in total. The fourth-order valence-electron chi connectivity index (χ4n) is 1.54. The zero-order valence-corrected chi connectivity index (χ0v) is 14.4. The third-order valence-electron chi connectivity index (χ3n) is 2.65. The van der Waals surface area contributed by atoms with Crippen molar-refractivity contribution in [3.63, 3.8) is 0 Å². The Morgan fingerprint density at radius 1 is 1.42 bits per heavy atom. The summed E-state index contributed by atoms with van der Waals surface area (Å²) in [4.78, 5) is 0.270. The van der Waals surface area contributed by atoms with Crippen molar-refractivity contribution in [2.75, 3.05) is 32.7 Å². The number of sulfonamides is 1. The molecule has 0 heterocycles. The molecule has 0 radical (unpaired) electrons. The molecule has 0 aliphatic rings. The van der Waals surface area contributed by atoms with Gasteiger partial charge in [0.2, 0.25) is 10.0 Å². The first-order chi connectivity index (χ1) is 8.93. The fraction of sp³-hybridized carbons (Fsp3) is 0.500. The molecular weight excluding hydrogens is 350 g/mol. The second kappa shape index (κ2) is 7.52. The van der Waals surface area contributed by atoms with Gasteiger partial charge < -0.3 is 4.74 Å².